The third-order valence-corrected chi connectivity index (χ3v) is 2.23. The monoisotopic (exact) mass is 219 g/mol. The second kappa shape index (κ2) is 7.52. The highest BCUT2D eigenvalue weighted by atomic mass is 16.1. The van der Waals surface area contributed by atoms with Crippen LogP contribution in [0.3, 0.4) is 0 Å². The number of hydrogen-bond donors (Lipinski definition) is 1. The number of aryl methyl sites for hydroxylation is 1. The van der Waals surface area contributed by atoms with E-state index in [9.17, 15) is 4.79 Å². The summed E-state index contributed by atoms with van der Waals surface area (Å²) in [5.41, 5.74) is 0. The van der Waals surface area contributed by atoms with Crippen LogP contribution in [-0.4, -0.2) is 22.0 Å². The number of nitrogens with zero attached hydrogens (tertiary/aromatic N) is 2. The second-order valence-electron chi connectivity index (χ2n) is 3.56. The van der Waals surface area contributed by atoms with Crippen LogP contribution in [0.4, 0.5) is 0 Å². The Kier molecular flexibility index (Phi) is 5.79. The average Bonchev–Trinajstić information content (AvgIpc) is 2.79. The van der Waals surface area contributed by atoms with Crippen LogP contribution in [0.2, 0.25) is 0 Å². The first-order valence-electron chi connectivity index (χ1n) is 5.49. The minimum absolute atomic E-state index is 0.0782. The van der Waals surface area contributed by atoms with Crippen molar-refractivity contribution >= 4 is 5.91 Å². The Bertz CT molecular complexity index is 338. The summed E-state index contributed by atoms with van der Waals surface area (Å²) < 4.78 is 1.89. The largest absolute Gasteiger partial charge is 0.356 e. The number of amides is 1. The number of hydrogen-bond acceptors (Lipinski definition) is 2. The van der Waals surface area contributed by atoms with E-state index in [1.165, 1.54) is 0 Å². The predicted octanol–water partition coefficient (Wildman–Crippen LogP) is 1.19. The van der Waals surface area contributed by atoms with E-state index in [0.29, 0.717) is 19.5 Å². The standard InChI is InChI=1S/C12H17N3O/c1-2-3-4-5-7-14-12(16)6-9-15-10-8-13-11-15/h1,8,10-11H,3-7,9H2,(H,14,16). The van der Waals surface area contributed by atoms with Gasteiger partial charge in [-0.3, -0.25) is 4.79 Å². The van der Waals surface area contributed by atoms with Crippen molar-refractivity contribution in [3.8, 4) is 12.3 Å². The molecule has 1 heterocycles. The maximum Gasteiger partial charge on any atom is 0.221 e. The van der Waals surface area contributed by atoms with Crippen molar-refractivity contribution in [3.63, 3.8) is 0 Å². The third-order valence-electron chi connectivity index (χ3n) is 2.23. The summed E-state index contributed by atoms with van der Waals surface area (Å²) in [6, 6.07) is 0. The van der Waals surface area contributed by atoms with Gasteiger partial charge in [0.15, 0.2) is 0 Å². The molecule has 0 saturated carbocycles. The molecule has 0 aliphatic heterocycles. The molecule has 0 bridgehead atoms. The molecule has 86 valence electrons. The van der Waals surface area contributed by atoms with Crippen molar-refractivity contribution in [3.05, 3.63) is 18.7 Å². The van der Waals surface area contributed by atoms with Crippen LogP contribution in [0.1, 0.15) is 25.7 Å². The van der Waals surface area contributed by atoms with E-state index in [0.717, 1.165) is 19.3 Å². The maximum absolute atomic E-state index is 11.4. The minimum Gasteiger partial charge on any atom is -0.356 e. The highest BCUT2D eigenvalue weighted by Gasteiger charge is 2.00. The second-order valence-corrected chi connectivity index (χ2v) is 3.56. The van der Waals surface area contributed by atoms with E-state index in [4.69, 9.17) is 6.42 Å². The number of imidazole rings is 1. The van der Waals surface area contributed by atoms with Crippen molar-refractivity contribution in [2.24, 2.45) is 0 Å². The molecule has 4 nitrogen and oxygen atoms in total. The summed E-state index contributed by atoms with van der Waals surface area (Å²) in [5, 5.41) is 2.86. The van der Waals surface area contributed by atoms with Gasteiger partial charge in [-0.25, -0.2) is 4.98 Å². The summed E-state index contributed by atoms with van der Waals surface area (Å²) in [6.07, 6.45) is 13.6. The number of nitrogens with one attached hydrogen (secondary N) is 1. The molecule has 1 aromatic rings. The lowest BCUT2D eigenvalue weighted by atomic mass is 10.2. The first-order valence-corrected chi connectivity index (χ1v) is 5.49. The van der Waals surface area contributed by atoms with Gasteiger partial charge in [0.05, 0.1) is 6.33 Å². The molecule has 1 aromatic heterocycles. The zero-order chi connectivity index (χ0) is 11.6. The summed E-state index contributed by atoms with van der Waals surface area (Å²) in [4.78, 5) is 15.3. The predicted molar refractivity (Wildman–Crippen MR) is 62.5 cm³/mol. The number of carbonyl (C=O) groups excluding carboxylic acids is 1. The van der Waals surface area contributed by atoms with Gasteiger partial charge in [0.2, 0.25) is 5.91 Å². The Balaban J connectivity index is 2.01. The molecule has 0 fully saturated rings. The molecule has 1 amide bonds. The van der Waals surface area contributed by atoms with Crippen LogP contribution in [0.5, 0.6) is 0 Å². The lowest BCUT2D eigenvalue weighted by Gasteiger charge is -2.04. The van der Waals surface area contributed by atoms with E-state index in [1.54, 1.807) is 12.5 Å². The molecule has 0 spiro atoms. The van der Waals surface area contributed by atoms with Gasteiger partial charge in [-0.1, -0.05) is 0 Å². The summed E-state index contributed by atoms with van der Waals surface area (Å²) in [5.74, 6) is 2.65. The first-order chi connectivity index (χ1) is 7.83. The summed E-state index contributed by atoms with van der Waals surface area (Å²) in [7, 11) is 0. The highest BCUT2D eigenvalue weighted by molar-refractivity contribution is 5.75. The van der Waals surface area contributed by atoms with Crippen LogP contribution >= 0.6 is 0 Å². The lowest BCUT2D eigenvalue weighted by Crippen LogP contribution is -2.25. The highest BCUT2D eigenvalue weighted by Crippen LogP contribution is 1.93. The SMILES string of the molecule is C#CCCCCNC(=O)CCn1ccnc1. The van der Waals surface area contributed by atoms with Gasteiger partial charge >= 0.3 is 0 Å². The molecule has 0 aromatic carbocycles. The summed E-state index contributed by atoms with van der Waals surface area (Å²) in [6.45, 7) is 1.39. The molecular formula is C12H17N3O. The van der Waals surface area contributed by atoms with E-state index in [2.05, 4.69) is 16.2 Å². The van der Waals surface area contributed by atoms with E-state index < -0.39 is 0 Å². The zero-order valence-electron chi connectivity index (χ0n) is 9.35. The third kappa shape index (κ3) is 5.20. The minimum atomic E-state index is 0.0782. The number of carbonyl (C=O) groups is 1. The lowest BCUT2D eigenvalue weighted by molar-refractivity contribution is -0.121. The molecule has 1 rings (SSSR count). The van der Waals surface area contributed by atoms with Crippen LogP contribution in [0.15, 0.2) is 18.7 Å². The molecule has 0 aliphatic carbocycles. The van der Waals surface area contributed by atoms with Crippen molar-refractivity contribution in [2.75, 3.05) is 6.54 Å². The van der Waals surface area contributed by atoms with Gasteiger partial charge in [-0.15, -0.1) is 12.3 Å². The Hall–Kier alpha value is -1.76. The number of aromatic nitrogens is 2. The molecular weight excluding hydrogens is 202 g/mol. The Morgan fingerprint density at radius 3 is 3.06 bits per heavy atom. The van der Waals surface area contributed by atoms with Gasteiger partial charge < -0.3 is 9.88 Å². The van der Waals surface area contributed by atoms with Crippen molar-refractivity contribution in [1.29, 1.82) is 0 Å². The molecule has 4 heteroatoms. The van der Waals surface area contributed by atoms with Crippen LogP contribution in [0, 0.1) is 12.3 Å². The Labute approximate surface area is 96.1 Å². The average molecular weight is 219 g/mol. The van der Waals surface area contributed by atoms with Gasteiger partial charge in [0.1, 0.15) is 0 Å². The van der Waals surface area contributed by atoms with Crippen LogP contribution < -0.4 is 5.32 Å². The number of rotatable bonds is 7. The summed E-state index contributed by atoms with van der Waals surface area (Å²) >= 11 is 0. The smallest absolute Gasteiger partial charge is 0.221 e. The zero-order valence-corrected chi connectivity index (χ0v) is 9.35. The molecule has 0 unspecified atom stereocenters. The van der Waals surface area contributed by atoms with Gasteiger partial charge in [0, 0.05) is 38.3 Å². The van der Waals surface area contributed by atoms with Gasteiger partial charge in [-0.05, 0) is 12.8 Å². The number of unbranched alkanes of at least 4 members (excludes halogenated alkanes) is 2. The van der Waals surface area contributed by atoms with Crippen molar-refractivity contribution < 1.29 is 4.79 Å². The molecule has 0 aliphatic rings. The topological polar surface area (TPSA) is 46.9 Å². The normalized spacial score (nSPS) is 9.69. The van der Waals surface area contributed by atoms with E-state index in [1.807, 2.05) is 10.8 Å². The van der Waals surface area contributed by atoms with Crippen LogP contribution in [0.25, 0.3) is 0 Å². The Morgan fingerprint density at radius 2 is 2.38 bits per heavy atom. The molecule has 16 heavy (non-hydrogen) atoms. The fourth-order valence-corrected chi connectivity index (χ4v) is 1.32. The maximum atomic E-state index is 11.4. The van der Waals surface area contributed by atoms with Gasteiger partial charge in [0.25, 0.3) is 0 Å². The molecule has 0 saturated heterocycles. The van der Waals surface area contributed by atoms with Crippen molar-refractivity contribution in [2.45, 2.75) is 32.2 Å². The van der Waals surface area contributed by atoms with Gasteiger partial charge in [-0.2, -0.15) is 0 Å². The van der Waals surface area contributed by atoms with E-state index >= 15 is 0 Å². The van der Waals surface area contributed by atoms with Crippen molar-refractivity contribution in [1.82, 2.24) is 14.9 Å². The number of terminal acetylenes is 1. The first kappa shape index (κ1) is 12.3. The van der Waals surface area contributed by atoms with Crippen LogP contribution in [-0.2, 0) is 11.3 Å². The Morgan fingerprint density at radius 1 is 1.50 bits per heavy atom. The molecule has 0 atom stereocenters. The fourth-order valence-electron chi connectivity index (χ4n) is 1.32. The quantitative estimate of drug-likeness (QED) is 0.553. The molecule has 0 radical (unpaired) electrons. The fraction of sp³-hybridized carbons (Fsp3) is 0.500. The van der Waals surface area contributed by atoms with E-state index in [-0.39, 0.29) is 5.91 Å². The molecule has 1 N–H and O–H groups in total.